The number of amides is 1. The van der Waals surface area contributed by atoms with Gasteiger partial charge in [-0.3, -0.25) is 4.79 Å². The standard InChI is InChI=1S/C15H10ClFN4O/c16-10-7-8(5-6-11(10)17)19-14-9-3-1-2-4-12(9)20-15(21-14)13(18)22/h1-7H,(H2,18,22)(H,19,20,21). The second-order valence-electron chi connectivity index (χ2n) is 4.53. The minimum atomic E-state index is -0.731. The first-order valence-electron chi connectivity index (χ1n) is 6.33. The molecule has 0 spiro atoms. The Hall–Kier alpha value is -2.73. The zero-order chi connectivity index (χ0) is 15.7. The van der Waals surface area contributed by atoms with Gasteiger partial charge < -0.3 is 11.1 Å². The van der Waals surface area contributed by atoms with Crippen molar-refractivity contribution in [3.8, 4) is 0 Å². The lowest BCUT2D eigenvalue weighted by atomic mass is 10.2. The summed E-state index contributed by atoms with van der Waals surface area (Å²) in [5.74, 6) is -0.958. The van der Waals surface area contributed by atoms with Crippen molar-refractivity contribution in [2.45, 2.75) is 0 Å². The fourth-order valence-electron chi connectivity index (χ4n) is 1.99. The fraction of sp³-hybridized carbons (Fsp3) is 0. The number of para-hydroxylation sites is 1. The van der Waals surface area contributed by atoms with Gasteiger partial charge in [0.1, 0.15) is 11.6 Å². The fourth-order valence-corrected chi connectivity index (χ4v) is 2.17. The first kappa shape index (κ1) is 14.2. The minimum absolute atomic E-state index is 0.0153. The Morgan fingerprint density at radius 2 is 1.95 bits per heavy atom. The average molecular weight is 317 g/mol. The number of nitrogens with zero attached hydrogens (tertiary/aromatic N) is 2. The van der Waals surface area contributed by atoms with E-state index in [2.05, 4.69) is 15.3 Å². The Kier molecular flexibility index (Phi) is 3.60. The number of aromatic nitrogens is 2. The summed E-state index contributed by atoms with van der Waals surface area (Å²) in [7, 11) is 0. The van der Waals surface area contributed by atoms with E-state index in [1.807, 2.05) is 6.07 Å². The molecular formula is C15H10ClFN4O. The molecular weight excluding hydrogens is 307 g/mol. The van der Waals surface area contributed by atoms with Gasteiger partial charge >= 0.3 is 0 Å². The molecule has 0 unspecified atom stereocenters. The van der Waals surface area contributed by atoms with Crippen LogP contribution in [-0.2, 0) is 0 Å². The summed E-state index contributed by atoms with van der Waals surface area (Å²) < 4.78 is 13.2. The van der Waals surface area contributed by atoms with Crippen LogP contribution in [0.15, 0.2) is 42.5 Å². The van der Waals surface area contributed by atoms with Crippen LogP contribution in [0.5, 0.6) is 0 Å². The predicted octanol–water partition coefficient (Wildman–Crippen LogP) is 3.26. The number of primary amides is 1. The number of nitrogens with one attached hydrogen (secondary N) is 1. The first-order valence-corrected chi connectivity index (χ1v) is 6.71. The Labute approximate surface area is 129 Å². The van der Waals surface area contributed by atoms with Crippen LogP contribution in [0, 0.1) is 5.82 Å². The molecule has 3 aromatic rings. The van der Waals surface area contributed by atoms with Gasteiger partial charge in [0.2, 0.25) is 5.82 Å². The highest BCUT2D eigenvalue weighted by molar-refractivity contribution is 6.31. The molecule has 7 heteroatoms. The Bertz CT molecular complexity index is 885. The van der Waals surface area contributed by atoms with E-state index >= 15 is 0 Å². The molecule has 110 valence electrons. The normalized spacial score (nSPS) is 10.6. The molecule has 0 saturated carbocycles. The zero-order valence-corrected chi connectivity index (χ0v) is 11.9. The van der Waals surface area contributed by atoms with Crippen LogP contribution >= 0.6 is 11.6 Å². The molecule has 1 amide bonds. The summed E-state index contributed by atoms with van der Waals surface area (Å²) in [4.78, 5) is 19.6. The number of rotatable bonds is 3. The molecule has 3 rings (SSSR count). The van der Waals surface area contributed by atoms with Crippen molar-refractivity contribution in [1.82, 2.24) is 9.97 Å². The van der Waals surface area contributed by atoms with Crippen LogP contribution in [0.25, 0.3) is 10.9 Å². The molecule has 0 aliphatic carbocycles. The van der Waals surface area contributed by atoms with E-state index in [0.717, 1.165) is 0 Å². The predicted molar refractivity (Wildman–Crippen MR) is 82.7 cm³/mol. The van der Waals surface area contributed by atoms with Gasteiger partial charge in [0.05, 0.1) is 10.5 Å². The maximum atomic E-state index is 13.2. The van der Waals surface area contributed by atoms with E-state index in [9.17, 15) is 9.18 Å². The molecule has 3 N–H and O–H groups in total. The molecule has 5 nitrogen and oxygen atoms in total. The van der Waals surface area contributed by atoms with Crippen molar-refractivity contribution in [3.63, 3.8) is 0 Å². The lowest BCUT2D eigenvalue weighted by Gasteiger charge is -2.10. The third-order valence-corrected chi connectivity index (χ3v) is 3.30. The SMILES string of the molecule is NC(=O)c1nc(Nc2ccc(F)c(Cl)c2)c2ccccc2n1. The van der Waals surface area contributed by atoms with Crippen LogP contribution in [-0.4, -0.2) is 15.9 Å². The van der Waals surface area contributed by atoms with Gasteiger partial charge in [-0.15, -0.1) is 0 Å². The van der Waals surface area contributed by atoms with E-state index in [1.165, 1.54) is 18.2 Å². The first-order chi connectivity index (χ1) is 10.5. The van der Waals surface area contributed by atoms with Crippen molar-refractivity contribution in [2.24, 2.45) is 5.73 Å². The van der Waals surface area contributed by atoms with Crippen molar-refractivity contribution in [1.29, 1.82) is 0 Å². The molecule has 2 aromatic carbocycles. The van der Waals surface area contributed by atoms with Gasteiger partial charge in [-0.2, -0.15) is 0 Å². The molecule has 1 heterocycles. The van der Waals surface area contributed by atoms with E-state index in [1.54, 1.807) is 18.2 Å². The van der Waals surface area contributed by atoms with Gasteiger partial charge in [0.25, 0.3) is 5.91 Å². The molecule has 0 aliphatic heterocycles. The highest BCUT2D eigenvalue weighted by Gasteiger charge is 2.12. The van der Waals surface area contributed by atoms with Crippen LogP contribution in [0.4, 0.5) is 15.9 Å². The largest absolute Gasteiger partial charge is 0.363 e. The second-order valence-corrected chi connectivity index (χ2v) is 4.94. The van der Waals surface area contributed by atoms with E-state index in [0.29, 0.717) is 22.4 Å². The number of halogens is 2. The zero-order valence-electron chi connectivity index (χ0n) is 11.2. The van der Waals surface area contributed by atoms with Crippen molar-refractivity contribution in [3.05, 3.63) is 59.1 Å². The summed E-state index contributed by atoms with van der Waals surface area (Å²) in [6, 6.07) is 11.3. The van der Waals surface area contributed by atoms with E-state index < -0.39 is 11.7 Å². The lowest BCUT2D eigenvalue weighted by molar-refractivity contribution is 0.0991. The quantitative estimate of drug-likeness (QED) is 0.777. The number of anilines is 2. The van der Waals surface area contributed by atoms with Crippen LogP contribution in [0.3, 0.4) is 0 Å². The molecule has 0 fully saturated rings. The summed E-state index contributed by atoms with van der Waals surface area (Å²) in [5.41, 5.74) is 6.35. The van der Waals surface area contributed by atoms with Crippen LogP contribution in [0.2, 0.25) is 5.02 Å². The number of nitrogens with two attached hydrogens (primary N) is 1. The Balaban J connectivity index is 2.12. The monoisotopic (exact) mass is 316 g/mol. The van der Waals surface area contributed by atoms with E-state index in [-0.39, 0.29) is 10.8 Å². The topological polar surface area (TPSA) is 80.9 Å². The molecule has 1 aromatic heterocycles. The third-order valence-electron chi connectivity index (χ3n) is 3.01. The molecule has 22 heavy (non-hydrogen) atoms. The summed E-state index contributed by atoms with van der Waals surface area (Å²) in [5, 5.41) is 3.69. The summed E-state index contributed by atoms with van der Waals surface area (Å²) in [6.07, 6.45) is 0. The van der Waals surface area contributed by atoms with Crippen molar-refractivity contribution >= 4 is 39.9 Å². The number of benzene rings is 2. The molecule has 0 saturated heterocycles. The summed E-state index contributed by atoms with van der Waals surface area (Å²) in [6.45, 7) is 0. The van der Waals surface area contributed by atoms with Gasteiger partial charge in [-0.25, -0.2) is 14.4 Å². The summed E-state index contributed by atoms with van der Waals surface area (Å²) >= 11 is 5.76. The molecule has 0 bridgehead atoms. The molecule has 0 aliphatic rings. The molecule has 0 atom stereocenters. The molecule has 0 radical (unpaired) electrons. The van der Waals surface area contributed by atoms with Gasteiger partial charge in [-0.05, 0) is 30.3 Å². The second kappa shape index (κ2) is 5.57. The van der Waals surface area contributed by atoms with E-state index in [4.69, 9.17) is 17.3 Å². The van der Waals surface area contributed by atoms with Crippen LogP contribution in [0.1, 0.15) is 10.6 Å². The van der Waals surface area contributed by atoms with Gasteiger partial charge in [-0.1, -0.05) is 23.7 Å². The maximum Gasteiger partial charge on any atom is 0.286 e. The van der Waals surface area contributed by atoms with Crippen molar-refractivity contribution in [2.75, 3.05) is 5.32 Å². The lowest BCUT2D eigenvalue weighted by Crippen LogP contribution is -2.16. The maximum absolute atomic E-state index is 13.2. The van der Waals surface area contributed by atoms with Gasteiger partial charge in [0, 0.05) is 11.1 Å². The Morgan fingerprint density at radius 1 is 1.18 bits per heavy atom. The van der Waals surface area contributed by atoms with Crippen molar-refractivity contribution < 1.29 is 9.18 Å². The smallest absolute Gasteiger partial charge is 0.286 e. The number of fused-ring (bicyclic) bond motifs is 1. The minimum Gasteiger partial charge on any atom is -0.363 e. The third kappa shape index (κ3) is 2.68. The highest BCUT2D eigenvalue weighted by atomic mass is 35.5. The highest BCUT2D eigenvalue weighted by Crippen LogP contribution is 2.26. The number of carbonyl (C=O) groups is 1. The number of carbonyl (C=O) groups excluding carboxylic acids is 1. The van der Waals surface area contributed by atoms with Crippen LogP contribution < -0.4 is 11.1 Å². The Morgan fingerprint density at radius 3 is 2.68 bits per heavy atom. The number of hydrogen-bond donors (Lipinski definition) is 2. The van der Waals surface area contributed by atoms with Gasteiger partial charge in [0.15, 0.2) is 0 Å². The average Bonchev–Trinajstić information content (AvgIpc) is 2.50. The number of hydrogen-bond acceptors (Lipinski definition) is 4.